The quantitative estimate of drug-likeness (QED) is 0.798. The molecule has 1 aromatic carbocycles. The van der Waals surface area contributed by atoms with Crippen LogP contribution in [0.4, 0.5) is 0 Å². The summed E-state index contributed by atoms with van der Waals surface area (Å²) in [6.07, 6.45) is 2.60. The van der Waals surface area contributed by atoms with E-state index in [-0.39, 0.29) is 12.6 Å². The third-order valence-corrected chi connectivity index (χ3v) is 3.11. The molecule has 1 saturated carbocycles. The van der Waals surface area contributed by atoms with Crippen LogP contribution >= 0.6 is 0 Å². The topological polar surface area (TPSA) is 32.3 Å². The van der Waals surface area contributed by atoms with Crippen LogP contribution in [0.3, 0.4) is 0 Å². The van der Waals surface area contributed by atoms with Crippen LogP contribution in [0.25, 0.3) is 0 Å². The van der Waals surface area contributed by atoms with E-state index in [1.54, 1.807) is 0 Å². The molecule has 2 heteroatoms. The maximum atomic E-state index is 9.49. The zero-order valence-corrected chi connectivity index (χ0v) is 10.1. The van der Waals surface area contributed by atoms with E-state index < -0.39 is 0 Å². The van der Waals surface area contributed by atoms with Gasteiger partial charge in [0.05, 0.1) is 12.6 Å². The van der Waals surface area contributed by atoms with Crippen molar-refractivity contribution in [1.82, 2.24) is 5.32 Å². The summed E-state index contributed by atoms with van der Waals surface area (Å²) in [7, 11) is 0. The van der Waals surface area contributed by atoms with Gasteiger partial charge in [-0.1, -0.05) is 38.1 Å². The highest BCUT2D eigenvalue weighted by Gasteiger charge is 2.27. The van der Waals surface area contributed by atoms with Gasteiger partial charge in [0.25, 0.3) is 0 Å². The highest BCUT2D eigenvalue weighted by molar-refractivity contribution is 5.35. The van der Waals surface area contributed by atoms with Crippen molar-refractivity contribution in [3.05, 3.63) is 35.4 Å². The minimum Gasteiger partial charge on any atom is -0.394 e. The van der Waals surface area contributed by atoms with Crippen LogP contribution in [-0.4, -0.2) is 17.8 Å². The number of nitrogens with one attached hydrogen (secondary N) is 1. The molecule has 16 heavy (non-hydrogen) atoms. The SMILES string of the molecule is CC(C)NC(CO)c1ccccc1C1CC1. The van der Waals surface area contributed by atoms with Gasteiger partial charge in [0.1, 0.15) is 0 Å². The van der Waals surface area contributed by atoms with Crippen LogP contribution in [0.5, 0.6) is 0 Å². The molecule has 0 radical (unpaired) electrons. The van der Waals surface area contributed by atoms with Crippen LogP contribution in [0, 0.1) is 0 Å². The van der Waals surface area contributed by atoms with E-state index in [4.69, 9.17) is 0 Å². The zero-order valence-electron chi connectivity index (χ0n) is 10.1. The predicted molar refractivity (Wildman–Crippen MR) is 66.5 cm³/mol. The summed E-state index contributed by atoms with van der Waals surface area (Å²) in [5, 5.41) is 12.9. The molecule has 1 atom stereocenters. The van der Waals surface area contributed by atoms with Gasteiger partial charge in [-0.2, -0.15) is 0 Å². The molecule has 2 N–H and O–H groups in total. The van der Waals surface area contributed by atoms with E-state index in [2.05, 4.69) is 43.4 Å². The van der Waals surface area contributed by atoms with Crippen molar-refractivity contribution in [2.75, 3.05) is 6.61 Å². The first kappa shape index (κ1) is 11.6. The Morgan fingerprint density at radius 3 is 2.56 bits per heavy atom. The second-order valence-corrected chi connectivity index (χ2v) is 4.96. The van der Waals surface area contributed by atoms with Gasteiger partial charge in [0.2, 0.25) is 0 Å². The minimum atomic E-state index is 0.0804. The van der Waals surface area contributed by atoms with E-state index in [9.17, 15) is 5.11 Å². The smallest absolute Gasteiger partial charge is 0.0626 e. The second-order valence-electron chi connectivity index (χ2n) is 4.96. The van der Waals surface area contributed by atoms with Crippen molar-refractivity contribution in [3.8, 4) is 0 Å². The molecule has 0 heterocycles. The fraction of sp³-hybridized carbons (Fsp3) is 0.571. The van der Waals surface area contributed by atoms with Gasteiger partial charge >= 0.3 is 0 Å². The van der Waals surface area contributed by atoms with Gasteiger partial charge in [0, 0.05) is 6.04 Å². The molecule has 1 aliphatic carbocycles. The number of hydrogen-bond acceptors (Lipinski definition) is 2. The maximum absolute atomic E-state index is 9.49. The molecule has 0 spiro atoms. The summed E-state index contributed by atoms with van der Waals surface area (Å²) in [6, 6.07) is 8.98. The first-order valence-corrected chi connectivity index (χ1v) is 6.18. The third kappa shape index (κ3) is 2.63. The highest BCUT2D eigenvalue weighted by Crippen LogP contribution is 2.42. The van der Waals surface area contributed by atoms with Crippen molar-refractivity contribution >= 4 is 0 Å². The van der Waals surface area contributed by atoms with Crippen molar-refractivity contribution in [2.45, 2.75) is 44.7 Å². The number of aliphatic hydroxyl groups excluding tert-OH is 1. The standard InChI is InChI=1S/C14H21NO/c1-10(2)15-14(9-16)13-6-4-3-5-12(13)11-7-8-11/h3-6,10-11,14-16H,7-9H2,1-2H3. The van der Waals surface area contributed by atoms with E-state index in [0.29, 0.717) is 6.04 Å². The Bertz CT molecular complexity index is 344. The molecular formula is C14H21NO. The Morgan fingerprint density at radius 2 is 2.00 bits per heavy atom. The largest absolute Gasteiger partial charge is 0.394 e. The molecular weight excluding hydrogens is 198 g/mol. The average Bonchev–Trinajstić information content (AvgIpc) is 3.09. The third-order valence-electron chi connectivity index (χ3n) is 3.11. The monoisotopic (exact) mass is 219 g/mol. The van der Waals surface area contributed by atoms with Crippen molar-refractivity contribution in [3.63, 3.8) is 0 Å². The number of hydrogen-bond donors (Lipinski definition) is 2. The Hall–Kier alpha value is -0.860. The Labute approximate surface area is 97.7 Å². The zero-order chi connectivity index (χ0) is 11.5. The first-order valence-electron chi connectivity index (χ1n) is 6.18. The molecule has 0 saturated heterocycles. The Balaban J connectivity index is 2.22. The molecule has 2 nitrogen and oxygen atoms in total. The highest BCUT2D eigenvalue weighted by atomic mass is 16.3. The minimum absolute atomic E-state index is 0.0804. The van der Waals surface area contributed by atoms with Crippen molar-refractivity contribution in [1.29, 1.82) is 0 Å². The molecule has 0 aromatic heterocycles. The van der Waals surface area contributed by atoms with E-state index in [0.717, 1.165) is 5.92 Å². The van der Waals surface area contributed by atoms with E-state index in [1.807, 2.05) is 0 Å². The Kier molecular flexibility index (Phi) is 3.62. The molecule has 88 valence electrons. The number of benzene rings is 1. The fourth-order valence-electron chi connectivity index (χ4n) is 2.24. The van der Waals surface area contributed by atoms with E-state index >= 15 is 0 Å². The predicted octanol–water partition coefficient (Wildman–Crippen LogP) is 2.60. The first-order chi connectivity index (χ1) is 7.72. The lowest BCUT2D eigenvalue weighted by atomic mass is 9.97. The van der Waals surface area contributed by atoms with Gasteiger partial charge in [0.15, 0.2) is 0 Å². The molecule has 0 aliphatic heterocycles. The van der Waals surface area contributed by atoms with Crippen LogP contribution in [0.2, 0.25) is 0 Å². The maximum Gasteiger partial charge on any atom is 0.0626 e. The molecule has 0 amide bonds. The van der Waals surface area contributed by atoms with Gasteiger partial charge in [-0.25, -0.2) is 0 Å². The molecule has 1 aromatic rings. The van der Waals surface area contributed by atoms with Crippen LogP contribution in [0.1, 0.15) is 49.8 Å². The number of rotatable bonds is 5. The van der Waals surface area contributed by atoms with Crippen molar-refractivity contribution < 1.29 is 5.11 Å². The number of aliphatic hydroxyl groups is 1. The second kappa shape index (κ2) is 4.98. The van der Waals surface area contributed by atoms with Crippen LogP contribution < -0.4 is 5.32 Å². The summed E-state index contributed by atoms with van der Waals surface area (Å²) in [5.41, 5.74) is 2.70. The van der Waals surface area contributed by atoms with E-state index in [1.165, 1.54) is 24.0 Å². The summed E-state index contributed by atoms with van der Waals surface area (Å²) in [5.74, 6) is 0.735. The van der Waals surface area contributed by atoms with Gasteiger partial charge in [-0.3, -0.25) is 0 Å². The van der Waals surface area contributed by atoms with Crippen molar-refractivity contribution in [2.24, 2.45) is 0 Å². The molecule has 1 aliphatic rings. The summed E-state index contributed by atoms with van der Waals surface area (Å²) in [6.45, 7) is 4.40. The summed E-state index contributed by atoms with van der Waals surface area (Å²) in [4.78, 5) is 0. The lowest BCUT2D eigenvalue weighted by Gasteiger charge is -2.22. The van der Waals surface area contributed by atoms with Crippen LogP contribution in [-0.2, 0) is 0 Å². The fourth-order valence-corrected chi connectivity index (χ4v) is 2.24. The average molecular weight is 219 g/mol. The van der Waals surface area contributed by atoms with Crippen LogP contribution in [0.15, 0.2) is 24.3 Å². The lowest BCUT2D eigenvalue weighted by Crippen LogP contribution is -2.31. The van der Waals surface area contributed by atoms with Gasteiger partial charge in [-0.15, -0.1) is 0 Å². The molecule has 0 bridgehead atoms. The molecule has 1 unspecified atom stereocenters. The Morgan fingerprint density at radius 1 is 1.31 bits per heavy atom. The summed E-state index contributed by atoms with van der Waals surface area (Å²) >= 11 is 0. The normalized spacial score (nSPS) is 17.8. The van der Waals surface area contributed by atoms with Gasteiger partial charge in [-0.05, 0) is 29.9 Å². The molecule has 2 rings (SSSR count). The summed E-state index contributed by atoms with van der Waals surface area (Å²) < 4.78 is 0. The lowest BCUT2D eigenvalue weighted by molar-refractivity contribution is 0.236. The van der Waals surface area contributed by atoms with Gasteiger partial charge < -0.3 is 10.4 Å². The molecule has 1 fully saturated rings.